The predicted octanol–water partition coefficient (Wildman–Crippen LogP) is -0.118. The zero-order valence-electron chi connectivity index (χ0n) is 7.99. The van der Waals surface area contributed by atoms with Crippen LogP contribution < -0.4 is 11.3 Å². The van der Waals surface area contributed by atoms with Crippen LogP contribution >= 0.6 is 0 Å². The fourth-order valence-corrected chi connectivity index (χ4v) is 1.41. The van der Waals surface area contributed by atoms with E-state index in [2.05, 4.69) is 12.0 Å². The van der Waals surface area contributed by atoms with Crippen molar-refractivity contribution in [3.05, 3.63) is 24.6 Å². The van der Waals surface area contributed by atoms with Gasteiger partial charge in [-0.15, -0.1) is 0 Å². The number of nitrogens with two attached hydrogens (primary N) is 1. The fraction of sp³-hybridized carbons (Fsp3) is 0.556. The number of nitrogens with one attached hydrogen (secondary N) is 1. The second-order valence-corrected chi connectivity index (χ2v) is 3.31. The first-order valence-electron chi connectivity index (χ1n) is 4.54. The largest absolute Gasteiger partial charge is 0.388 e. The van der Waals surface area contributed by atoms with Crippen molar-refractivity contribution in [2.75, 3.05) is 13.1 Å². The highest BCUT2D eigenvalue weighted by molar-refractivity contribution is 5.13. The van der Waals surface area contributed by atoms with E-state index in [4.69, 9.17) is 5.84 Å². The van der Waals surface area contributed by atoms with Gasteiger partial charge in [-0.25, -0.2) is 4.39 Å². The molecular formula is C9H16FN3O. The Morgan fingerprint density at radius 3 is 3.00 bits per heavy atom. The number of hydrazine groups is 1. The number of hydrogen-bond acceptors (Lipinski definition) is 4. The minimum absolute atomic E-state index is 0.287. The Labute approximate surface area is 82.9 Å². The number of allylic oxidation sites excluding steroid dienone is 1. The van der Waals surface area contributed by atoms with Crippen LogP contribution in [0.4, 0.5) is 4.39 Å². The van der Waals surface area contributed by atoms with Gasteiger partial charge in [0.25, 0.3) is 0 Å². The summed E-state index contributed by atoms with van der Waals surface area (Å²) >= 11 is 0. The fourth-order valence-electron chi connectivity index (χ4n) is 1.41. The molecule has 4 N–H and O–H groups in total. The normalized spacial score (nSPS) is 28.1. The van der Waals surface area contributed by atoms with Crippen molar-refractivity contribution in [3.8, 4) is 0 Å². The molecule has 0 aromatic rings. The summed E-state index contributed by atoms with van der Waals surface area (Å²) in [4.78, 5) is 1.83. The molecule has 1 heterocycles. The smallest absolute Gasteiger partial charge is 0.129 e. The summed E-state index contributed by atoms with van der Waals surface area (Å²) in [7, 11) is 0. The Hall–Kier alpha value is -1.07. The van der Waals surface area contributed by atoms with Crippen molar-refractivity contribution in [1.29, 1.82) is 0 Å². The molecule has 0 radical (unpaired) electrons. The molecule has 2 atom stereocenters. The SMILES string of the molecule is C=C(/C=C\NN)N1CCC(F)C(O)C1. The zero-order chi connectivity index (χ0) is 10.6. The molecule has 0 aromatic heterocycles. The maximum atomic E-state index is 12.9. The summed E-state index contributed by atoms with van der Waals surface area (Å²) < 4.78 is 12.9. The minimum Gasteiger partial charge on any atom is -0.388 e. The molecule has 0 bridgehead atoms. The second-order valence-electron chi connectivity index (χ2n) is 3.31. The second kappa shape index (κ2) is 4.97. The molecular weight excluding hydrogens is 185 g/mol. The molecule has 1 rings (SSSR count). The van der Waals surface area contributed by atoms with E-state index >= 15 is 0 Å². The molecule has 0 aromatic carbocycles. The van der Waals surface area contributed by atoms with Crippen LogP contribution in [-0.2, 0) is 0 Å². The molecule has 0 aliphatic carbocycles. The van der Waals surface area contributed by atoms with E-state index in [-0.39, 0.29) is 6.54 Å². The third-order valence-corrected chi connectivity index (χ3v) is 2.28. The van der Waals surface area contributed by atoms with Gasteiger partial charge >= 0.3 is 0 Å². The Morgan fingerprint density at radius 2 is 2.43 bits per heavy atom. The number of piperidine rings is 1. The third kappa shape index (κ3) is 2.71. The molecule has 0 spiro atoms. The van der Waals surface area contributed by atoms with E-state index in [9.17, 15) is 9.50 Å². The van der Waals surface area contributed by atoms with E-state index < -0.39 is 12.3 Å². The first-order valence-corrected chi connectivity index (χ1v) is 4.54. The van der Waals surface area contributed by atoms with Crippen LogP contribution in [0.2, 0.25) is 0 Å². The molecule has 1 aliphatic rings. The number of halogens is 1. The maximum Gasteiger partial charge on any atom is 0.129 e. The summed E-state index contributed by atoms with van der Waals surface area (Å²) in [5, 5.41) is 9.30. The van der Waals surface area contributed by atoms with E-state index in [1.54, 1.807) is 6.08 Å². The van der Waals surface area contributed by atoms with Crippen molar-refractivity contribution >= 4 is 0 Å². The lowest BCUT2D eigenvalue weighted by atomic mass is 10.1. The molecule has 1 saturated heterocycles. The van der Waals surface area contributed by atoms with Crippen LogP contribution in [0.1, 0.15) is 6.42 Å². The van der Waals surface area contributed by atoms with Crippen molar-refractivity contribution in [2.45, 2.75) is 18.7 Å². The van der Waals surface area contributed by atoms with Gasteiger partial charge in [0.2, 0.25) is 0 Å². The van der Waals surface area contributed by atoms with Crippen LogP contribution in [-0.4, -0.2) is 35.4 Å². The molecule has 1 aliphatic heterocycles. The number of β-amino-alcohol motifs (C(OH)–C–C–N with tert-alkyl or cyclic N) is 1. The van der Waals surface area contributed by atoms with Crippen LogP contribution in [0.25, 0.3) is 0 Å². The third-order valence-electron chi connectivity index (χ3n) is 2.28. The van der Waals surface area contributed by atoms with Gasteiger partial charge in [-0.2, -0.15) is 0 Å². The average Bonchev–Trinajstić information content (AvgIpc) is 2.18. The number of rotatable bonds is 3. The van der Waals surface area contributed by atoms with Gasteiger partial charge in [-0.05, 0) is 12.5 Å². The minimum atomic E-state index is -1.12. The van der Waals surface area contributed by atoms with E-state index in [1.807, 2.05) is 4.90 Å². The molecule has 5 heteroatoms. The summed E-state index contributed by atoms with van der Waals surface area (Å²) in [6.07, 6.45) is 1.53. The van der Waals surface area contributed by atoms with Crippen molar-refractivity contribution < 1.29 is 9.50 Å². The highest BCUT2D eigenvalue weighted by Gasteiger charge is 2.27. The van der Waals surface area contributed by atoms with Crippen LogP contribution in [0.3, 0.4) is 0 Å². The van der Waals surface area contributed by atoms with Crippen LogP contribution in [0, 0.1) is 0 Å². The van der Waals surface area contributed by atoms with Gasteiger partial charge in [-0.1, -0.05) is 6.58 Å². The van der Waals surface area contributed by atoms with Crippen molar-refractivity contribution in [2.24, 2.45) is 5.84 Å². The lowest BCUT2D eigenvalue weighted by Crippen LogP contribution is -2.43. The first-order chi connectivity index (χ1) is 6.65. The van der Waals surface area contributed by atoms with E-state index in [0.29, 0.717) is 18.7 Å². The molecule has 1 fully saturated rings. The Bertz CT molecular complexity index is 232. The van der Waals surface area contributed by atoms with Gasteiger partial charge < -0.3 is 15.4 Å². The summed E-state index contributed by atoms with van der Waals surface area (Å²) in [6.45, 7) is 4.65. The monoisotopic (exact) mass is 201 g/mol. The molecule has 0 saturated carbocycles. The summed E-state index contributed by atoms with van der Waals surface area (Å²) in [5.74, 6) is 5.05. The summed E-state index contributed by atoms with van der Waals surface area (Å²) in [5.41, 5.74) is 3.07. The lowest BCUT2D eigenvalue weighted by Gasteiger charge is -2.34. The lowest BCUT2D eigenvalue weighted by molar-refractivity contribution is 0.0165. The number of alkyl halides is 1. The van der Waals surface area contributed by atoms with Crippen LogP contribution in [0.5, 0.6) is 0 Å². The van der Waals surface area contributed by atoms with Crippen LogP contribution in [0.15, 0.2) is 24.6 Å². The Morgan fingerprint density at radius 1 is 1.71 bits per heavy atom. The first kappa shape index (κ1) is 11.0. The van der Waals surface area contributed by atoms with Gasteiger partial charge in [-0.3, -0.25) is 5.84 Å². The van der Waals surface area contributed by atoms with Crippen molar-refractivity contribution in [1.82, 2.24) is 10.3 Å². The maximum absolute atomic E-state index is 12.9. The Balaban J connectivity index is 2.46. The summed E-state index contributed by atoms with van der Waals surface area (Å²) in [6, 6.07) is 0. The average molecular weight is 201 g/mol. The molecule has 4 nitrogen and oxygen atoms in total. The number of hydrogen-bond donors (Lipinski definition) is 3. The quantitative estimate of drug-likeness (QED) is 0.338. The number of aliphatic hydroxyl groups is 1. The zero-order valence-corrected chi connectivity index (χ0v) is 7.99. The highest BCUT2D eigenvalue weighted by atomic mass is 19.1. The predicted molar refractivity (Wildman–Crippen MR) is 52.7 cm³/mol. The number of likely N-dealkylation sites (tertiary alicyclic amines) is 1. The standard InChI is InChI=1S/C9H16FN3O/c1-7(2-4-12-11)13-5-3-8(10)9(14)6-13/h2,4,8-9,12,14H,1,3,5-6,11H2/b4-2-. The van der Waals surface area contributed by atoms with Gasteiger partial charge in [0.1, 0.15) is 12.3 Å². The van der Waals surface area contributed by atoms with Gasteiger partial charge in [0.05, 0.1) is 0 Å². The number of nitrogens with zero attached hydrogens (tertiary/aromatic N) is 1. The Kier molecular flexibility index (Phi) is 3.91. The van der Waals surface area contributed by atoms with E-state index in [1.165, 1.54) is 6.20 Å². The van der Waals surface area contributed by atoms with E-state index in [0.717, 1.165) is 0 Å². The van der Waals surface area contributed by atoms with Crippen molar-refractivity contribution in [3.63, 3.8) is 0 Å². The highest BCUT2D eigenvalue weighted by Crippen LogP contribution is 2.17. The molecule has 0 amide bonds. The molecule has 14 heavy (non-hydrogen) atoms. The van der Waals surface area contributed by atoms with Gasteiger partial charge in [0, 0.05) is 25.0 Å². The molecule has 2 unspecified atom stereocenters. The topological polar surface area (TPSA) is 61.5 Å². The molecule has 80 valence electrons. The van der Waals surface area contributed by atoms with Gasteiger partial charge in [0.15, 0.2) is 0 Å². The number of aliphatic hydroxyl groups excluding tert-OH is 1.